The van der Waals surface area contributed by atoms with E-state index in [0.29, 0.717) is 31.3 Å². The molecule has 1 atom stereocenters. The van der Waals surface area contributed by atoms with Crippen LogP contribution in [0.4, 0.5) is 23.2 Å². The fourth-order valence-corrected chi connectivity index (χ4v) is 4.03. The average molecular weight is 449 g/mol. The molecule has 0 aromatic heterocycles. The maximum Gasteiger partial charge on any atom is 0.416 e. The minimum Gasteiger partial charge on any atom is -0.341 e. The van der Waals surface area contributed by atoms with Gasteiger partial charge in [-0.15, -0.1) is 0 Å². The molecule has 1 saturated heterocycles. The largest absolute Gasteiger partial charge is 0.416 e. The summed E-state index contributed by atoms with van der Waals surface area (Å²) in [6.45, 7) is 1.11. The number of nitrogens with one attached hydrogen (secondary N) is 2. The molecule has 1 fully saturated rings. The summed E-state index contributed by atoms with van der Waals surface area (Å²) in [6, 6.07) is 4.92. The smallest absolute Gasteiger partial charge is 0.341 e. The van der Waals surface area contributed by atoms with E-state index in [4.69, 9.17) is 0 Å². The molecular weight excluding hydrogens is 430 g/mol. The van der Waals surface area contributed by atoms with E-state index in [1.165, 1.54) is 18.2 Å². The minimum absolute atomic E-state index is 0.0963. The Morgan fingerprint density at radius 2 is 1.78 bits per heavy atom. The van der Waals surface area contributed by atoms with E-state index < -0.39 is 41.0 Å². The van der Waals surface area contributed by atoms with Crippen LogP contribution in [0.3, 0.4) is 0 Å². The third-order valence-corrected chi connectivity index (χ3v) is 5.57. The summed E-state index contributed by atoms with van der Waals surface area (Å²) in [5.41, 5.74) is -1.30. The molecule has 0 radical (unpaired) electrons. The number of carbonyl (C=O) groups excluding carboxylic acids is 3. The Labute approximate surface area is 180 Å². The quantitative estimate of drug-likeness (QED) is 0.698. The molecule has 6 nitrogen and oxygen atoms in total. The lowest BCUT2D eigenvalue weighted by molar-refractivity contribution is -0.137. The van der Waals surface area contributed by atoms with E-state index in [0.717, 1.165) is 19.3 Å². The van der Waals surface area contributed by atoms with Crippen LogP contribution in [0.2, 0.25) is 0 Å². The zero-order valence-electron chi connectivity index (χ0n) is 16.8. The van der Waals surface area contributed by atoms with Crippen LogP contribution in [-0.2, 0) is 11.0 Å². The maximum absolute atomic E-state index is 13.7. The first-order valence-electron chi connectivity index (χ1n) is 10.1. The fourth-order valence-electron chi connectivity index (χ4n) is 4.03. The van der Waals surface area contributed by atoms with Crippen molar-refractivity contribution in [3.05, 3.63) is 64.5 Å². The predicted molar refractivity (Wildman–Crippen MR) is 106 cm³/mol. The van der Waals surface area contributed by atoms with Crippen molar-refractivity contribution in [2.45, 2.75) is 31.5 Å². The SMILES string of the molecule is O=C(Nc1cccc2c1C(C(=O)N1CCCCC1)NC2=O)c1cc(F)cc(C(F)(F)F)c1. The van der Waals surface area contributed by atoms with Crippen molar-refractivity contribution in [2.24, 2.45) is 0 Å². The van der Waals surface area contributed by atoms with E-state index in [9.17, 15) is 31.9 Å². The lowest BCUT2D eigenvalue weighted by Gasteiger charge is -2.29. The molecule has 32 heavy (non-hydrogen) atoms. The third kappa shape index (κ3) is 4.17. The monoisotopic (exact) mass is 449 g/mol. The normalized spacial score (nSPS) is 18.2. The van der Waals surface area contributed by atoms with E-state index in [2.05, 4.69) is 10.6 Å². The summed E-state index contributed by atoms with van der Waals surface area (Å²) in [4.78, 5) is 39.7. The molecule has 1 unspecified atom stereocenters. The Hall–Kier alpha value is -3.43. The number of carbonyl (C=O) groups is 3. The molecule has 10 heteroatoms. The van der Waals surface area contributed by atoms with Crippen LogP contribution in [0.1, 0.15) is 57.1 Å². The highest BCUT2D eigenvalue weighted by Crippen LogP contribution is 2.35. The number of piperidine rings is 1. The number of anilines is 1. The molecule has 2 aliphatic rings. The standard InChI is InChI=1S/C22H19F4N3O3/c23-14-10-12(9-13(11-14)22(24,25)26)19(30)27-16-6-4-5-15-17(16)18(28-20(15)31)21(32)29-7-2-1-3-8-29/h4-6,9-11,18H,1-3,7-8H2,(H,27,30)(H,28,31). The molecule has 0 spiro atoms. The van der Waals surface area contributed by atoms with Gasteiger partial charge in [0, 0.05) is 35.5 Å². The maximum atomic E-state index is 13.7. The van der Waals surface area contributed by atoms with Crippen molar-refractivity contribution >= 4 is 23.4 Å². The Bertz CT molecular complexity index is 1090. The Balaban J connectivity index is 1.65. The molecule has 2 aliphatic heterocycles. The van der Waals surface area contributed by atoms with Gasteiger partial charge in [-0.05, 0) is 49.6 Å². The zero-order valence-corrected chi connectivity index (χ0v) is 16.8. The highest BCUT2D eigenvalue weighted by Gasteiger charge is 2.38. The number of benzene rings is 2. The summed E-state index contributed by atoms with van der Waals surface area (Å²) in [5.74, 6) is -3.01. The van der Waals surface area contributed by atoms with E-state index in [1.807, 2.05) is 0 Å². The molecule has 4 rings (SSSR count). The van der Waals surface area contributed by atoms with Gasteiger partial charge in [0.2, 0.25) is 5.91 Å². The molecular formula is C22H19F4N3O3. The van der Waals surface area contributed by atoms with Gasteiger partial charge in [-0.1, -0.05) is 6.07 Å². The number of rotatable bonds is 3. The van der Waals surface area contributed by atoms with Crippen LogP contribution < -0.4 is 10.6 Å². The van der Waals surface area contributed by atoms with E-state index in [-0.39, 0.29) is 22.7 Å². The zero-order chi connectivity index (χ0) is 23.0. The predicted octanol–water partition coefficient (Wildman–Crippen LogP) is 3.89. The van der Waals surface area contributed by atoms with Crippen LogP contribution in [0.5, 0.6) is 0 Å². The van der Waals surface area contributed by atoms with Crippen molar-refractivity contribution in [1.29, 1.82) is 0 Å². The van der Waals surface area contributed by atoms with Crippen LogP contribution in [0.15, 0.2) is 36.4 Å². The second kappa shape index (κ2) is 8.25. The molecule has 2 N–H and O–H groups in total. The third-order valence-electron chi connectivity index (χ3n) is 5.57. The molecule has 3 amide bonds. The summed E-state index contributed by atoms with van der Waals surface area (Å²) >= 11 is 0. The van der Waals surface area contributed by atoms with E-state index in [1.54, 1.807) is 4.90 Å². The van der Waals surface area contributed by atoms with Crippen molar-refractivity contribution in [3.63, 3.8) is 0 Å². The van der Waals surface area contributed by atoms with Crippen LogP contribution >= 0.6 is 0 Å². The first kappa shape index (κ1) is 21.8. The van der Waals surface area contributed by atoms with Crippen molar-refractivity contribution in [3.8, 4) is 0 Å². The van der Waals surface area contributed by atoms with Crippen molar-refractivity contribution < 1.29 is 31.9 Å². The minimum atomic E-state index is -4.83. The number of hydrogen-bond acceptors (Lipinski definition) is 3. The lowest BCUT2D eigenvalue weighted by Crippen LogP contribution is -2.42. The summed E-state index contributed by atoms with van der Waals surface area (Å²) in [5, 5.41) is 5.05. The number of likely N-dealkylation sites (tertiary alicyclic amines) is 1. The van der Waals surface area contributed by atoms with Gasteiger partial charge in [-0.3, -0.25) is 14.4 Å². The number of hydrogen-bond donors (Lipinski definition) is 2. The van der Waals surface area contributed by atoms with Gasteiger partial charge in [-0.25, -0.2) is 4.39 Å². The summed E-state index contributed by atoms with van der Waals surface area (Å²) in [7, 11) is 0. The second-order valence-corrected chi connectivity index (χ2v) is 7.74. The molecule has 2 heterocycles. The van der Waals surface area contributed by atoms with Crippen LogP contribution in [-0.4, -0.2) is 35.7 Å². The van der Waals surface area contributed by atoms with Gasteiger partial charge in [0.1, 0.15) is 11.9 Å². The fraction of sp³-hybridized carbons (Fsp3) is 0.318. The van der Waals surface area contributed by atoms with Gasteiger partial charge in [0.25, 0.3) is 11.8 Å². The van der Waals surface area contributed by atoms with Gasteiger partial charge in [0.15, 0.2) is 0 Å². The van der Waals surface area contributed by atoms with Crippen molar-refractivity contribution in [1.82, 2.24) is 10.2 Å². The topological polar surface area (TPSA) is 78.5 Å². The first-order valence-corrected chi connectivity index (χ1v) is 10.1. The molecule has 0 aliphatic carbocycles. The number of alkyl halides is 3. The Morgan fingerprint density at radius 3 is 2.47 bits per heavy atom. The van der Waals surface area contributed by atoms with Gasteiger partial charge < -0.3 is 15.5 Å². The van der Waals surface area contributed by atoms with Crippen LogP contribution in [0, 0.1) is 5.82 Å². The molecule has 168 valence electrons. The lowest BCUT2D eigenvalue weighted by atomic mass is 9.99. The number of fused-ring (bicyclic) bond motifs is 1. The second-order valence-electron chi connectivity index (χ2n) is 7.74. The average Bonchev–Trinajstić information content (AvgIpc) is 3.10. The van der Waals surface area contributed by atoms with Gasteiger partial charge >= 0.3 is 6.18 Å². The van der Waals surface area contributed by atoms with E-state index >= 15 is 0 Å². The summed E-state index contributed by atoms with van der Waals surface area (Å²) < 4.78 is 52.7. The molecule has 2 aromatic rings. The first-order chi connectivity index (χ1) is 15.1. The number of nitrogens with zero attached hydrogens (tertiary/aromatic N) is 1. The van der Waals surface area contributed by atoms with Gasteiger partial charge in [0.05, 0.1) is 5.56 Å². The number of amides is 3. The Kier molecular flexibility index (Phi) is 5.62. The summed E-state index contributed by atoms with van der Waals surface area (Å²) in [6.07, 6.45) is -2.13. The number of halogens is 4. The highest BCUT2D eigenvalue weighted by molar-refractivity contribution is 6.10. The highest BCUT2D eigenvalue weighted by atomic mass is 19.4. The Morgan fingerprint density at radius 1 is 1.06 bits per heavy atom. The van der Waals surface area contributed by atoms with Gasteiger partial charge in [-0.2, -0.15) is 13.2 Å². The molecule has 2 aromatic carbocycles. The van der Waals surface area contributed by atoms with Crippen molar-refractivity contribution in [2.75, 3.05) is 18.4 Å². The van der Waals surface area contributed by atoms with Crippen LogP contribution in [0.25, 0.3) is 0 Å². The molecule has 0 saturated carbocycles. The molecule has 0 bridgehead atoms.